The van der Waals surface area contributed by atoms with Gasteiger partial charge in [0, 0.05) is 31.4 Å². The molecular formula is C21H28NNaO4. The maximum Gasteiger partial charge on any atom is 1.00 e. The molecule has 0 spiro atoms. The molecule has 1 amide bonds. The van der Waals surface area contributed by atoms with Gasteiger partial charge in [0.1, 0.15) is 5.75 Å². The van der Waals surface area contributed by atoms with Crippen LogP contribution in [0, 0.1) is 17.8 Å². The summed E-state index contributed by atoms with van der Waals surface area (Å²) in [6, 6.07) is 7.33. The molecule has 6 heteroatoms. The van der Waals surface area contributed by atoms with Crippen molar-refractivity contribution < 1.29 is 49.0 Å². The number of carboxylic acids is 1. The average molecular weight is 381 g/mol. The molecule has 1 saturated carbocycles. The summed E-state index contributed by atoms with van der Waals surface area (Å²) in [6.45, 7) is 3.43. The van der Waals surface area contributed by atoms with Gasteiger partial charge in [-0.1, -0.05) is 31.9 Å². The van der Waals surface area contributed by atoms with Gasteiger partial charge in [-0.15, -0.1) is 0 Å². The van der Waals surface area contributed by atoms with Gasteiger partial charge in [0.2, 0.25) is 5.91 Å². The number of carbonyl (C=O) groups is 2. The van der Waals surface area contributed by atoms with Crippen molar-refractivity contribution in [1.82, 2.24) is 4.90 Å². The Morgan fingerprint density at radius 2 is 1.70 bits per heavy atom. The van der Waals surface area contributed by atoms with Crippen molar-refractivity contribution in [3.8, 4) is 5.75 Å². The summed E-state index contributed by atoms with van der Waals surface area (Å²) in [5.41, 5.74) is 0.878. The number of likely N-dealkylation sites (tertiary alicyclic amines) is 1. The van der Waals surface area contributed by atoms with Crippen molar-refractivity contribution in [2.75, 3.05) is 20.2 Å². The Kier molecular flexibility index (Phi) is 8.20. The average Bonchev–Trinajstić information content (AvgIpc) is 3.09. The number of fused-ring (bicyclic) bond motifs is 1. The number of methoxy groups -OCH3 is 1. The molecule has 142 valence electrons. The van der Waals surface area contributed by atoms with Gasteiger partial charge in [-0.25, -0.2) is 0 Å². The van der Waals surface area contributed by atoms with Gasteiger partial charge in [-0.2, -0.15) is 0 Å². The molecule has 5 nitrogen and oxygen atoms in total. The molecule has 27 heavy (non-hydrogen) atoms. The largest absolute Gasteiger partial charge is 1.00 e. The number of aliphatic carboxylic acids is 1. The minimum Gasteiger partial charge on any atom is -0.550 e. The zero-order chi connectivity index (χ0) is 18.7. The van der Waals surface area contributed by atoms with Crippen molar-refractivity contribution in [2.45, 2.75) is 44.9 Å². The minimum atomic E-state index is -1.15. The minimum absolute atomic E-state index is 0. The van der Waals surface area contributed by atoms with Gasteiger partial charge in [-0.05, 0) is 48.3 Å². The Labute approximate surface area is 183 Å². The van der Waals surface area contributed by atoms with E-state index in [2.05, 4.69) is 0 Å². The summed E-state index contributed by atoms with van der Waals surface area (Å²) < 4.78 is 5.15. The number of amides is 1. The fourth-order valence-corrected chi connectivity index (χ4v) is 4.53. The van der Waals surface area contributed by atoms with Crippen LogP contribution in [0.4, 0.5) is 0 Å². The quantitative estimate of drug-likeness (QED) is 0.606. The van der Waals surface area contributed by atoms with Crippen LogP contribution >= 0.6 is 0 Å². The molecule has 4 atom stereocenters. The smallest absolute Gasteiger partial charge is 0.550 e. The maximum absolute atomic E-state index is 12.8. The second kappa shape index (κ2) is 9.94. The van der Waals surface area contributed by atoms with E-state index in [4.69, 9.17) is 4.74 Å². The Balaban J connectivity index is 0.00000261. The van der Waals surface area contributed by atoms with E-state index in [0.29, 0.717) is 11.8 Å². The molecule has 1 aliphatic heterocycles. The summed E-state index contributed by atoms with van der Waals surface area (Å²) in [6.07, 6.45) is 4.90. The predicted octanol–water partition coefficient (Wildman–Crippen LogP) is -0.792. The van der Waals surface area contributed by atoms with Crippen LogP contribution in [0.25, 0.3) is 0 Å². The standard InChI is InChI=1S/C21H29NO4.Na/c1-14(15-7-9-18(26-2)10-8-15)19(21(24)25)11-20(23)22-12-16-5-3-4-6-17(16)13-22;/h7-10,14,16-17,19H,3-6,11-13H2,1-2H3,(H,24,25);/q;+1/p-1/t14?,16-,17+,19?;. The monoisotopic (exact) mass is 381 g/mol. The zero-order valence-corrected chi connectivity index (χ0v) is 18.6. The first kappa shape index (κ1) is 22.3. The molecule has 2 unspecified atom stereocenters. The second-order valence-corrected chi connectivity index (χ2v) is 7.79. The number of benzene rings is 1. The third-order valence-electron chi connectivity index (χ3n) is 6.27. The Bertz CT molecular complexity index is 634. The summed E-state index contributed by atoms with van der Waals surface area (Å²) in [7, 11) is 1.59. The van der Waals surface area contributed by atoms with Crippen molar-refractivity contribution >= 4 is 11.9 Å². The van der Waals surface area contributed by atoms with Crippen LogP contribution in [0.1, 0.15) is 50.5 Å². The van der Waals surface area contributed by atoms with E-state index in [1.165, 1.54) is 25.7 Å². The fourth-order valence-electron chi connectivity index (χ4n) is 4.53. The van der Waals surface area contributed by atoms with E-state index >= 15 is 0 Å². The van der Waals surface area contributed by atoms with Gasteiger partial charge in [-0.3, -0.25) is 4.79 Å². The number of ether oxygens (including phenoxy) is 1. The number of carboxylic acid groups (broad SMARTS) is 1. The molecule has 0 N–H and O–H groups in total. The molecule has 2 aliphatic rings. The molecular weight excluding hydrogens is 353 g/mol. The van der Waals surface area contributed by atoms with Crippen molar-refractivity contribution in [3.05, 3.63) is 29.8 Å². The van der Waals surface area contributed by atoms with Crippen LogP contribution in [0.2, 0.25) is 0 Å². The second-order valence-electron chi connectivity index (χ2n) is 7.79. The van der Waals surface area contributed by atoms with Crippen LogP contribution in [0.15, 0.2) is 24.3 Å². The summed E-state index contributed by atoms with van der Waals surface area (Å²) in [4.78, 5) is 26.4. The van der Waals surface area contributed by atoms with Gasteiger partial charge >= 0.3 is 29.6 Å². The van der Waals surface area contributed by atoms with E-state index in [1.54, 1.807) is 7.11 Å². The molecule has 2 fully saturated rings. The van der Waals surface area contributed by atoms with E-state index in [1.807, 2.05) is 36.1 Å². The molecule has 3 rings (SSSR count). The number of rotatable bonds is 6. The summed E-state index contributed by atoms with van der Waals surface area (Å²) >= 11 is 0. The summed E-state index contributed by atoms with van der Waals surface area (Å²) in [5.74, 6) is -0.381. The normalized spacial score (nSPS) is 23.7. The first-order valence-electron chi connectivity index (χ1n) is 9.62. The number of nitrogens with zero attached hydrogens (tertiary/aromatic N) is 1. The number of hydrogen-bond donors (Lipinski definition) is 0. The predicted molar refractivity (Wildman–Crippen MR) is 96.6 cm³/mol. The Morgan fingerprint density at radius 1 is 1.15 bits per heavy atom. The number of hydrogen-bond acceptors (Lipinski definition) is 4. The van der Waals surface area contributed by atoms with Crippen molar-refractivity contribution in [2.24, 2.45) is 17.8 Å². The maximum atomic E-state index is 12.8. The van der Waals surface area contributed by atoms with Gasteiger partial charge in [0.05, 0.1) is 7.11 Å². The van der Waals surface area contributed by atoms with Crippen molar-refractivity contribution in [3.63, 3.8) is 0 Å². The van der Waals surface area contributed by atoms with Gasteiger partial charge < -0.3 is 19.5 Å². The molecule has 1 aliphatic carbocycles. The number of carbonyl (C=O) groups excluding carboxylic acids is 2. The SMILES string of the molecule is COc1ccc(C(C)C(CC(=O)N2C[C@H]3CCCC[C@H]3C2)C(=O)[O-])cc1.[Na+]. The third kappa shape index (κ3) is 5.27. The van der Waals surface area contributed by atoms with E-state index in [-0.39, 0.29) is 47.8 Å². The molecule has 0 radical (unpaired) electrons. The van der Waals surface area contributed by atoms with Crippen LogP contribution < -0.4 is 39.4 Å². The summed E-state index contributed by atoms with van der Waals surface area (Å²) in [5, 5.41) is 11.7. The topological polar surface area (TPSA) is 69.7 Å². The van der Waals surface area contributed by atoms with Crippen LogP contribution in [0.5, 0.6) is 5.75 Å². The molecule has 1 heterocycles. The molecule has 1 saturated heterocycles. The van der Waals surface area contributed by atoms with E-state index < -0.39 is 11.9 Å². The van der Waals surface area contributed by atoms with Gasteiger partial charge in [0.15, 0.2) is 0 Å². The zero-order valence-electron chi connectivity index (χ0n) is 16.6. The third-order valence-corrected chi connectivity index (χ3v) is 6.27. The molecule has 1 aromatic carbocycles. The molecule has 0 bridgehead atoms. The van der Waals surface area contributed by atoms with Crippen LogP contribution in [-0.4, -0.2) is 37.0 Å². The Hall–Kier alpha value is -1.04. The van der Waals surface area contributed by atoms with E-state index in [9.17, 15) is 14.7 Å². The first-order chi connectivity index (χ1) is 12.5. The Morgan fingerprint density at radius 3 is 2.19 bits per heavy atom. The van der Waals surface area contributed by atoms with Crippen molar-refractivity contribution in [1.29, 1.82) is 0 Å². The molecule has 0 aromatic heterocycles. The molecule has 1 aromatic rings. The van der Waals surface area contributed by atoms with Gasteiger partial charge in [0.25, 0.3) is 0 Å². The fraction of sp³-hybridized carbons (Fsp3) is 0.619. The van der Waals surface area contributed by atoms with Crippen LogP contribution in [-0.2, 0) is 9.59 Å². The van der Waals surface area contributed by atoms with E-state index in [0.717, 1.165) is 24.4 Å². The first-order valence-corrected chi connectivity index (χ1v) is 9.62. The van der Waals surface area contributed by atoms with Crippen LogP contribution in [0.3, 0.4) is 0 Å².